The van der Waals surface area contributed by atoms with Gasteiger partial charge >= 0.3 is 0 Å². The standard InChI is InChI=1S/C24H19FN2O3/c1-15-6-10-19(11-7-15)27-23(28)21(16-8-12-20(30-2)13-9-16)22(24(27)29)26-18-5-3-4-17(25)14-18/h3-14,26H,1-2H3. The van der Waals surface area contributed by atoms with Crippen molar-refractivity contribution < 1.29 is 18.7 Å². The number of methoxy groups -OCH3 is 1. The highest BCUT2D eigenvalue weighted by Crippen LogP contribution is 2.34. The predicted octanol–water partition coefficient (Wildman–Crippen LogP) is 4.54. The monoisotopic (exact) mass is 402 g/mol. The Labute approximate surface area is 173 Å². The normalized spacial score (nSPS) is 13.8. The highest BCUT2D eigenvalue weighted by atomic mass is 19.1. The molecule has 4 rings (SSSR count). The van der Waals surface area contributed by atoms with Gasteiger partial charge in [-0.15, -0.1) is 0 Å². The average Bonchev–Trinajstić information content (AvgIpc) is 2.98. The second kappa shape index (κ2) is 7.83. The van der Waals surface area contributed by atoms with E-state index in [-0.39, 0.29) is 11.3 Å². The fourth-order valence-corrected chi connectivity index (χ4v) is 3.31. The van der Waals surface area contributed by atoms with E-state index in [0.717, 1.165) is 10.5 Å². The van der Waals surface area contributed by atoms with Crippen molar-refractivity contribution in [3.05, 3.63) is 95.4 Å². The SMILES string of the molecule is COc1ccc(C2=C(Nc3cccc(F)c3)C(=O)N(c3ccc(C)cc3)C2=O)cc1. The van der Waals surface area contributed by atoms with Crippen molar-refractivity contribution in [3.63, 3.8) is 0 Å². The number of anilines is 2. The molecule has 2 amide bonds. The fraction of sp³-hybridized carbons (Fsp3) is 0.0833. The van der Waals surface area contributed by atoms with Gasteiger partial charge in [-0.1, -0.05) is 35.9 Å². The summed E-state index contributed by atoms with van der Waals surface area (Å²) >= 11 is 0. The van der Waals surface area contributed by atoms with Crippen LogP contribution in [-0.2, 0) is 9.59 Å². The van der Waals surface area contributed by atoms with E-state index in [1.54, 1.807) is 49.6 Å². The summed E-state index contributed by atoms with van der Waals surface area (Å²) in [6.07, 6.45) is 0. The third-order valence-electron chi connectivity index (χ3n) is 4.85. The minimum atomic E-state index is -0.501. The fourth-order valence-electron chi connectivity index (χ4n) is 3.31. The number of hydrogen-bond acceptors (Lipinski definition) is 4. The number of hydrogen-bond donors (Lipinski definition) is 1. The Hall–Kier alpha value is -3.93. The Kier molecular flexibility index (Phi) is 5.06. The van der Waals surface area contributed by atoms with Gasteiger partial charge in [0.2, 0.25) is 0 Å². The first-order chi connectivity index (χ1) is 14.5. The van der Waals surface area contributed by atoms with E-state index in [9.17, 15) is 14.0 Å². The molecule has 0 aliphatic carbocycles. The van der Waals surface area contributed by atoms with Crippen LogP contribution in [-0.4, -0.2) is 18.9 Å². The molecule has 0 aromatic heterocycles. The van der Waals surface area contributed by atoms with Crippen molar-refractivity contribution in [3.8, 4) is 5.75 Å². The number of nitrogens with zero attached hydrogens (tertiary/aromatic N) is 1. The van der Waals surface area contributed by atoms with Crippen LogP contribution in [0.3, 0.4) is 0 Å². The second-order valence-corrected chi connectivity index (χ2v) is 6.90. The molecule has 0 atom stereocenters. The number of amides is 2. The van der Waals surface area contributed by atoms with Crippen LogP contribution in [0.1, 0.15) is 11.1 Å². The molecule has 0 radical (unpaired) electrons. The van der Waals surface area contributed by atoms with Gasteiger partial charge in [0.05, 0.1) is 18.4 Å². The third-order valence-corrected chi connectivity index (χ3v) is 4.85. The number of imide groups is 1. The van der Waals surface area contributed by atoms with Gasteiger partial charge in [0.25, 0.3) is 11.8 Å². The van der Waals surface area contributed by atoms with Crippen LogP contribution in [0, 0.1) is 12.7 Å². The van der Waals surface area contributed by atoms with Crippen molar-refractivity contribution in [1.82, 2.24) is 0 Å². The molecule has 0 bridgehead atoms. The molecule has 0 saturated carbocycles. The van der Waals surface area contributed by atoms with Crippen LogP contribution in [0.2, 0.25) is 0 Å². The molecular formula is C24H19FN2O3. The molecule has 1 N–H and O–H groups in total. The molecule has 0 unspecified atom stereocenters. The summed E-state index contributed by atoms with van der Waals surface area (Å²) in [6.45, 7) is 1.93. The number of carbonyl (C=O) groups is 2. The highest BCUT2D eigenvalue weighted by Gasteiger charge is 2.40. The lowest BCUT2D eigenvalue weighted by Gasteiger charge is -2.15. The molecule has 1 heterocycles. The molecule has 150 valence electrons. The molecule has 1 aliphatic rings. The van der Waals surface area contributed by atoms with E-state index < -0.39 is 17.6 Å². The third kappa shape index (κ3) is 3.55. The smallest absolute Gasteiger partial charge is 0.282 e. The lowest BCUT2D eigenvalue weighted by molar-refractivity contribution is -0.120. The Morgan fingerprint density at radius 1 is 0.900 bits per heavy atom. The van der Waals surface area contributed by atoms with Crippen LogP contribution in [0.25, 0.3) is 5.57 Å². The molecule has 3 aromatic carbocycles. The molecule has 30 heavy (non-hydrogen) atoms. The first-order valence-electron chi connectivity index (χ1n) is 9.34. The van der Waals surface area contributed by atoms with E-state index in [1.165, 1.54) is 18.2 Å². The summed E-state index contributed by atoms with van der Waals surface area (Å²) in [7, 11) is 1.55. The van der Waals surface area contributed by atoms with Gasteiger partial charge in [0.15, 0.2) is 0 Å². The van der Waals surface area contributed by atoms with Crippen LogP contribution in [0.5, 0.6) is 5.75 Å². The molecular weight excluding hydrogens is 383 g/mol. The van der Waals surface area contributed by atoms with Crippen LogP contribution < -0.4 is 15.0 Å². The minimum absolute atomic E-state index is 0.0938. The van der Waals surface area contributed by atoms with Gasteiger partial charge in [-0.25, -0.2) is 9.29 Å². The Balaban J connectivity index is 1.81. The van der Waals surface area contributed by atoms with E-state index in [1.807, 2.05) is 19.1 Å². The maximum absolute atomic E-state index is 13.7. The van der Waals surface area contributed by atoms with Gasteiger partial charge in [-0.2, -0.15) is 0 Å². The molecule has 0 fully saturated rings. The maximum atomic E-state index is 13.7. The second-order valence-electron chi connectivity index (χ2n) is 6.90. The number of carbonyl (C=O) groups excluding carboxylic acids is 2. The number of rotatable bonds is 5. The van der Waals surface area contributed by atoms with Crippen molar-refractivity contribution >= 4 is 28.8 Å². The van der Waals surface area contributed by atoms with Gasteiger partial charge in [0.1, 0.15) is 17.3 Å². The van der Waals surface area contributed by atoms with Gasteiger partial charge in [0, 0.05) is 5.69 Å². The van der Waals surface area contributed by atoms with E-state index in [2.05, 4.69) is 5.32 Å². The highest BCUT2D eigenvalue weighted by molar-refractivity contribution is 6.46. The van der Waals surface area contributed by atoms with Crippen molar-refractivity contribution in [2.24, 2.45) is 0 Å². The van der Waals surface area contributed by atoms with E-state index >= 15 is 0 Å². The first kappa shape index (κ1) is 19.4. The zero-order valence-corrected chi connectivity index (χ0v) is 16.5. The zero-order valence-electron chi connectivity index (χ0n) is 16.5. The van der Waals surface area contributed by atoms with Crippen molar-refractivity contribution in [2.75, 3.05) is 17.3 Å². The number of ether oxygens (including phenoxy) is 1. The van der Waals surface area contributed by atoms with Crippen LogP contribution >= 0.6 is 0 Å². The molecule has 0 spiro atoms. The van der Waals surface area contributed by atoms with E-state index in [4.69, 9.17) is 4.74 Å². The van der Waals surface area contributed by atoms with Gasteiger partial charge in [-0.05, 0) is 55.0 Å². The minimum Gasteiger partial charge on any atom is -0.497 e. The molecule has 0 saturated heterocycles. The Morgan fingerprint density at radius 2 is 1.60 bits per heavy atom. The maximum Gasteiger partial charge on any atom is 0.282 e. The van der Waals surface area contributed by atoms with Crippen molar-refractivity contribution in [1.29, 1.82) is 0 Å². The molecule has 5 nitrogen and oxygen atoms in total. The molecule has 6 heteroatoms. The Bertz CT molecular complexity index is 1150. The summed E-state index contributed by atoms with van der Waals surface area (Å²) in [5.74, 6) is -0.767. The number of halogens is 1. The predicted molar refractivity (Wildman–Crippen MR) is 114 cm³/mol. The largest absolute Gasteiger partial charge is 0.497 e. The Morgan fingerprint density at radius 3 is 2.23 bits per heavy atom. The molecule has 1 aliphatic heterocycles. The molecule has 3 aromatic rings. The van der Waals surface area contributed by atoms with E-state index in [0.29, 0.717) is 22.7 Å². The lowest BCUT2D eigenvalue weighted by Crippen LogP contribution is -2.32. The summed E-state index contributed by atoms with van der Waals surface area (Å²) in [6, 6.07) is 19.7. The zero-order chi connectivity index (χ0) is 21.3. The lowest BCUT2D eigenvalue weighted by atomic mass is 10.0. The quantitative estimate of drug-likeness (QED) is 0.637. The summed E-state index contributed by atoms with van der Waals surface area (Å²) in [5.41, 5.74) is 2.73. The topological polar surface area (TPSA) is 58.6 Å². The first-order valence-corrected chi connectivity index (χ1v) is 9.34. The summed E-state index contributed by atoms with van der Waals surface area (Å²) in [4.78, 5) is 27.7. The van der Waals surface area contributed by atoms with Crippen LogP contribution in [0.15, 0.2) is 78.5 Å². The van der Waals surface area contributed by atoms with Crippen molar-refractivity contribution in [2.45, 2.75) is 6.92 Å². The summed E-state index contributed by atoms with van der Waals surface area (Å²) in [5, 5.41) is 2.95. The summed E-state index contributed by atoms with van der Waals surface area (Å²) < 4.78 is 18.8. The number of nitrogens with one attached hydrogen (secondary N) is 1. The van der Waals surface area contributed by atoms with Crippen LogP contribution in [0.4, 0.5) is 15.8 Å². The number of benzene rings is 3. The number of aryl methyl sites for hydroxylation is 1. The van der Waals surface area contributed by atoms with Gasteiger partial charge < -0.3 is 10.1 Å². The van der Waals surface area contributed by atoms with Gasteiger partial charge in [-0.3, -0.25) is 9.59 Å². The average molecular weight is 402 g/mol.